The number of pyridine rings is 2. The highest BCUT2D eigenvalue weighted by Crippen LogP contribution is 2.40. The molecule has 188 valence electrons. The molecule has 0 aliphatic carbocycles. The molecule has 5 rings (SSSR count). The Morgan fingerprint density at radius 2 is 1.64 bits per heavy atom. The molecule has 1 aliphatic heterocycles. The first-order valence-corrected chi connectivity index (χ1v) is 20.0. The van der Waals surface area contributed by atoms with Gasteiger partial charge in [0.05, 0.1) is 9.92 Å². The molecule has 1 N–H and O–H groups in total. The summed E-state index contributed by atoms with van der Waals surface area (Å²) in [5.74, 6) is 0.968. The second-order valence-electron chi connectivity index (χ2n) is 10.5. The van der Waals surface area contributed by atoms with E-state index in [-0.39, 0.29) is 10.5 Å². The van der Waals surface area contributed by atoms with Crippen molar-refractivity contribution in [2.24, 2.45) is 0 Å². The van der Waals surface area contributed by atoms with E-state index in [0.29, 0.717) is 21.5 Å². The average Bonchev–Trinajstić information content (AvgIpc) is 3.33. The lowest BCUT2D eigenvalue weighted by atomic mass is 10.0. The highest BCUT2D eigenvalue weighted by atomic mass is 35.5. The number of halogens is 1. The summed E-state index contributed by atoms with van der Waals surface area (Å²) in [6.07, 6.45) is 3.43. The van der Waals surface area contributed by atoms with Crippen molar-refractivity contribution in [1.29, 1.82) is 0 Å². The van der Waals surface area contributed by atoms with E-state index in [4.69, 9.17) is 16.6 Å². The molecule has 0 radical (unpaired) electrons. The Kier molecular flexibility index (Phi) is 6.15. The highest BCUT2D eigenvalue weighted by Gasteiger charge is 2.48. The van der Waals surface area contributed by atoms with Gasteiger partial charge in [-0.1, -0.05) is 62.1 Å². The average molecular weight is 557 g/mol. The number of hydrogen-bond acceptors (Lipinski definition) is 6. The Balaban J connectivity index is 1.57. The number of hydrogen-bond donors (Lipinski definition) is 1. The molecule has 1 aromatic carbocycles. The number of rotatable bonds is 5. The van der Waals surface area contributed by atoms with Crippen LogP contribution in [-0.4, -0.2) is 43.9 Å². The smallest absolute Gasteiger partial charge is 0.269 e. The lowest BCUT2D eigenvalue weighted by molar-refractivity contribution is 0.221. The Morgan fingerprint density at radius 3 is 2.25 bits per heavy atom. The van der Waals surface area contributed by atoms with Crippen LogP contribution in [0.2, 0.25) is 43.3 Å². The summed E-state index contributed by atoms with van der Waals surface area (Å²) in [7, 11) is -7.07. The van der Waals surface area contributed by atoms with Gasteiger partial charge in [0, 0.05) is 35.1 Å². The minimum atomic E-state index is -3.93. The Morgan fingerprint density at radius 1 is 0.972 bits per heavy atom. The summed E-state index contributed by atoms with van der Waals surface area (Å²) in [6, 6.07) is 16.2. The molecule has 0 spiro atoms. The van der Waals surface area contributed by atoms with Crippen molar-refractivity contribution in [3.05, 3.63) is 83.3 Å². The topological polar surface area (TPSA) is 88.3 Å². The van der Waals surface area contributed by atoms with Gasteiger partial charge in [0.25, 0.3) is 10.0 Å². The van der Waals surface area contributed by atoms with Crippen molar-refractivity contribution in [3.63, 3.8) is 0 Å². The Bertz CT molecular complexity index is 1530. The minimum Gasteiger partial charge on any atom is -0.409 e. The standard InChI is InChI=1S/C25H29ClN4O3SSi2/c1-35(2)12-13-36(3,4)30(35)23-11-10-18(15-27-23)24(31)22-17-29(25-21(22)14-19(26)16-28-25)34(32,33)20-8-6-5-7-9-20/h5-11,14-17,24,31H,12-13H2,1-4H3. The van der Waals surface area contributed by atoms with Gasteiger partial charge in [-0.15, -0.1) is 0 Å². The Labute approximate surface area is 218 Å². The molecule has 1 unspecified atom stereocenters. The second kappa shape index (κ2) is 8.81. The van der Waals surface area contributed by atoms with Crippen molar-refractivity contribution >= 4 is 54.9 Å². The van der Waals surface area contributed by atoms with Gasteiger partial charge in [-0.3, -0.25) is 0 Å². The van der Waals surface area contributed by atoms with Gasteiger partial charge in [0.15, 0.2) is 5.65 Å². The summed E-state index contributed by atoms with van der Waals surface area (Å²) in [5, 5.41) is 12.2. The fourth-order valence-electron chi connectivity index (χ4n) is 5.33. The van der Waals surface area contributed by atoms with Crippen LogP contribution in [0.4, 0.5) is 5.82 Å². The van der Waals surface area contributed by atoms with E-state index >= 15 is 0 Å². The van der Waals surface area contributed by atoms with E-state index in [2.05, 4.69) is 35.4 Å². The molecule has 1 fully saturated rings. The number of aromatic nitrogens is 3. The minimum absolute atomic E-state index is 0.134. The van der Waals surface area contributed by atoms with Crippen molar-refractivity contribution in [2.75, 3.05) is 4.23 Å². The third-order valence-electron chi connectivity index (χ3n) is 7.08. The lowest BCUT2D eigenvalue weighted by Crippen LogP contribution is -2.55. The molecule has 1 aliphatic rings. The number of anilines is 1. The van der Waals surface area contributed by atoms with E-state index in [9.17, 15) is 13.5 Å². The van der Waals surface area contributed by atoms with E-state index in [0.717, 1.165) is 9.79 Å². The van der Waals surface area contributed by atoms with Crippen molar-refractivity contribution in [2.45, 2.75) is 49.3 Å². The zero-order chi connectivity index (χ0) is 25.9. The van der Waals surface area contributed by atoms with Gasteiger partial charge in [0.2, 0.25) is 0 Å². The van der Waals surface area contributed by atoms with Crippen molar-refractivity contribution < 1.29 is 13.5 Å². The van der Waals surface area contributed by atoms with Gasteiger partial charge in [0.1, 0.15) is 28.4 Å². The lowest BCUT2D eigenvalue weighted by Gasteiger charge is -2.40. The van der Waals surface area contributed by atoms with Crippen LogP contribution in [0.15, 0.2) is 72.0 Å². The molecular weight excluding hydrogens is 528 g/mol. The maximum absolute atomic E-state index is 13.4. The second-order valence-corrected chi connectivity index (χ2v) is 22.4. The third-order valence-corrected chi connectivity index (χ3v) is 18.9. The molecule has 1 atom stereocenters. The SMILES string of the molecule is C[Si]1(C)CC[Si](C)(C)N1c1ccc(C(O)c2cn(S(=O)(=O)c3ccccc3)c3ncc(Cl)cc23)cn1. The van der Waals surface area contributed by atoms with Gasteiger partial charge in [-0.2, -0.15) is 0 Å². The number of benzene rings is 1. The van der Waals surface area contributed by atoms with Crippen LogP contribution in [-0.2, 0) is 10.0 Å². The van der Waals surface area contributed by atoms with Gasteiger partial charge < -0.3 is 9.34 Å². The fourth-order valence-corrected chi connectivity index (χ4v) is 20.9. The monoisotopic (exact) mass is 556 g/mol. The number of aliphatic hydroxyl groups is 1. The molecular formula is C25H29ClN4O3SSi2. The molecule has 4 heterocycles. The van der Waals surface area contributed by atoms with Gasteiger partial charge in [-0.25, -0.2) is 22.4 Å². The molecule has 0 saturated carbocycles. The van der Waals surface area contributed by atoms with E-state index in [1.54, 1.807) is 30.5 Å². The van der Waals surface area contributed by atoms with Gasteiger partial charge in [-0.05, 0) is 36.4 Å². The van der Waals surface area contributed by atoms with E-state index in [1.807, 2.05) is 12.1 Å². The first-order valence-electron chi connectivity index (χ1n) is 11.8. The molecule has 1 saturated heterocycles. The Hall–Kier alpha value is -2.51. The van der Waals surface area contributed by atoms with Crippen LogP contribution in [0.3, 0.4) is 0 Å². The van der Waals surface area contributed by atoms with E-state index < -0.39 is 32.6 Å². The predicted octanol–water partition coefficient (Wildman–Crippen LogP) is 5.63. The quantitative estimate of drug-likeness (QED) is 0.320. The van der Waals surface area contributed by atoms with Crippen molar-refractivity contribution in [1.82, 2.24) is 13.9 Å². The summed E-state index contributed by atoms with van der Waals surface area (Å²) < 4.78 is 30.6. The summed E-state index contributed by atoms with van der Waals surface area (Å²) in [6.45, 7) is 9.55. The van der Waals surface area contributed by atoms with Crippen LogP contribution in [0, 0.1) is 0 Å². The molecule has 11 heteroatoms. The molecule has 0 amide bonds. The number of nitrogens with zero attached hydrogens (tertiary/aromatic N) is 4. The summed E-state index contributed by atoms with van der Waals surface area (Å²) in [5.41, 5.74) is 1.19. The molecule has 7 nitrogen and oxygen atoms in total. The maximum atomic E-state index is 13.4. The highest BCUT2D eigenvalue weighted by molar-refractivity contribution is 7.90. The largest absolute Gasteiger partial charge is 0.409 e. The molecule has 4 aromatic rings. The van der Waals surface area contributed by atoms with Crippen LogP contribution in [0.25, 0.3) is 11.0 Å². The maximum Gasteiger partial charge on any atom is 0.269 e. The predicted molar refractivity (Wildman–Crippen MR) is 149 cm³/mol. The third kappa shape index (κ3) is 4.20. The summed E-state index contributed by atoms with van der Waals surface area (Å²) in [4.78, 5) is 9.20. The molecule has 36 heavy (non-hydrogen) atoms. The van der Waals surface area contributed by atoms with E-state index in [1.165, 1.54) is 36.6 Å². The van der Waals surface area contributed by atoms with Crippen LogP contribution >= 0.6 is 11.6 Å². The zero-order valence-electron chi connectivity index (χ0n) is 20.7. The molecule has 0 bridgehead atoms. The van der Waals surface area contributed by atoms with Crippen LogP contribution in [0.5, 0.6) is 0 Å². The van der Waals surface area contributed by atoms with Crippen LogP contribution in [0.1, 0.15) is 17.2 Å². The normalized spacial score (nSPS) is 18.0. The summed E-state index contributed by atoms with van der Waals surface area (Å²) >= 11 is 6.22. The number of aliphatic hydroxyl groups excluding tert-OH is 1. The van der Waals surface area contributed by atoms with Crippen LogP contribution < -0.4 is 4.23 Å². The number of fused-ring (bicyclic) bond motifs is 1. The van der Waals surface area contributed by atoms with Crippen molar-refractivity contribution in [3.8, 4) is 0 Å². The first kappa shape index (κ1) is 25.2. The fraction of sp³-hybridized carbons (Fsp3) is 0.280. The van der Waals surface area contributed by atoms with Gasteiger partial charge >= 0.3 is 0 Å². The molecule has 3 aromatic heterocycles. The first-order chi connectivity index (χ1) is 16.9. The zero-order valence-corrected chi connectivity index (χ0v) is 24.3.